The number of hydrogen-bond acceptors (Lipinski definition) is 3. The standard InChI is InChI=1S/C8H17NO3/c1-9(2)7(6-12-3)4-5-8(10)11/h7H,4-6H2,1-3H3,(H,10,11). The lowest BCUT2D eigenvalue weighted by Crippen LogP contribution is -2.32. The number of rotatable bonds is 6. The fourth-order valence-electron chi connectivity index (χ4n) is 0.973. The second-order valence-electron chi connectivity index (χ2n) is 3.01. The minimum absolute atomic E-state index is 0.200. The lowest BCUT2D eigenvalue weighted by atomic mass is 10.1. The van der Waals surface area contributed by atoms with Gasteiger partial charge in [0, 0.05) is 19.6 Å². The first-order valence-corrected chi connectivity index (χ1v) is 3.95. The molecule has 4 heteroatoms. The highest BCUT2D eigenvalue weighted by atomic mass is 16.5. The van der Waals surface area contributed by atoms with Crippen LogP contribution in [0.15, 0.2) is 0 Å². The molecular formula is C8H17NO3. The number of aliphatic carboxylic acids is 1. The number of carboxylic acid groups (broad SMARTS) is 1. The van der Waals surface area contributed by atoms with Gasteiger partial charge in [-0.1, -0.05) is 0 Å². The third-order valence-corrected chi connectivity index (χ3v) is 1.78. The molecule has 1 atom stereocenters. The summed E-state index contributed by atoms with van der Waals surface area (Å²) in [6.45, 7) is 0.584. The summed E-state index contributed by atoms with van der Waals surface area (Å²) >= 11 is 0. The normalized spacial score (nSPS) is 13.3. The van der Waals surface area contributed by atoms with Gasteiger partial charge in [0.1, 0.15) is 0 Å². The van der Waals surface area contributed by atoms with Crippen molar-refractivity contribution in [3.8, 4) is 0 Å². The number of methoxy groups -OCH3 is 1. The highest BCUT2D eigenvalue weighted by Crippen LogP contribution is 2.03. The molecule has 0 bridgehead atoms. The molecule has 0 aliphatic heterocycles. The zero-order valence-corrected chi connectivity index (χ0v) is 7.91. The molecule has 0 aromatic rings. The number of ether oxygens (including phenoxy) is 1. The largest absolute Gasteiger partial charge is 0.481 e. The average molecular weight is 175 g/mol. The second-order valence-corrected chi connectivity index (χ2v) is 3.01. The molecule has 0 fully saturated rings. The van der Waals surface area contributed by atoms with Gasteiger partial charge < -0.3 is 14.7 Å². The molecule has 4 nitrogen and oxygen atoms in total. The van der Waals surface area contributed by atoms with Crippen LogP contribution < -0.4 is 0 Å². The van der Waals surface area contributed by atoms with Gasteiger partial charge in [-0.25, -0.2) is 0 Å². The maximum atomic E-state index is 10.3. The molecule has 0 aliphatic rings. The van der Waals surface area contributed by atoms with Gasteiger partial charge >= 0.3 is 5.97 Å². The van der Waals surface area contributed by atoms with Crippen molar-refractivity contribution in [2.75, 3.05) is 27.8 Å². The molecule has 0 rings (SSSR count). The Balaban J connectivity index is 3.70. The third kappa shape index (κ3) is 5.09. The third-order valence-electron chi connectivity index (χ3n) is 1.78. The van der Waals surface area contributed by atoms with E-state index < -0.39 is 5.97 Å². The summed E-state index contributed by atoms with van der Waals surface area (Å²) in [5, 5.41) is 8.45. The molecule has 12 heavy (non-hydrogen) atoms. The molecule has 0 spiro atoms. The molecule has 72 valence electrons. The Kier molecular flexibility index (Phi) is 5.66. The maximum absolute atomic E-state index is 10.3. The van der Waals surface area contributed by atoms with Crippen molar-refractivity contribution in [1.82, 2.24) is 4.90 Å². The SMILES string of the molecule is COCC(CCC(=O)O)N(C)C. The van der Waals surface area contributed by atoms with E-state index in [1.807, 2.05) is 19.0 Å². The van der Waals surface area contributed by atoms with E-state index in [1.54, 1.807) is 7.11 Å². The zero-order chi connectivity index (χ0) is 9.56. The summed E-state index contributed by atoms with van der Waals surface area (Å²) in [5.74, 6) is -0.752. The summed E-state index contributed by atoms with van der Waals surface area (Å²) in [6.07, 6.45) is 0.836. The van der Waals surface area contributed by atoms with Gasteiger partial charge in [0.05, 0.1) is 6.61 Å². The maximum Gasteiger partial charge on any atom is 0.303 e. The van der Waals surface area contributed by atoms with Crippen molar-refractivity contribution in [2.45, 2.75) is 18.9 Å². The van der Waals surface area contributed by atoms with Crippen molar-refractivity contribution in [2.24, 2.45) is 0 Å². The fraction of sp³-hybridized carbons (Fsp3) is 0.875. The van der Waals surface area contributed by atoms with E-state index in [9.17, 15) is 4.79 Å². The first kappa shape index (κ1) is 11.4. The summed E-state index contributed by atoms with van der Waals surface area (Å²) in [4.78, 5) is 12.2. The van der Waals surface area contributed by atoms with Crippen LogP contribution in [0.3, 0.4) is 0 Å². The lowest BCUT2D eigenvalue weighted by Gasteiger charge is -2.22. The quantitative estimate of drug-likeness (QED) is 0.636. The van der Waals surface area contributed by atoms with Crippen LogP contribution in [0.1, 0.15) is 12.8 Å². The van der Waals surface area contributed by atoms with E-state index in [2.05, 4.69) is 0 Å². The van der Waals surface area contributed by atoms with Crippen LogP contribution in [0.5, 0.6) is 0 Å². The first-order valence-electron chi connectivity index (χ1n) is 3.95. The number of nitrogens with zero attached hydrogens (tertiary/aromatic N) is 1. The van der Waals surface area contributed by atoms with Gasteiger partial charge in [-0.2, -0.15) is 0 Å². The molecule has 0 amide bonds. The first-order chi connectivity index (χ1) is 5.57. The van der Waals surface area contributed by atoms with E-state index in [0.29, 0.717) is 13.0 Å². The second kappa shape index (κ2) is 5.97. The Hall–Kier alpha value is -0.610. The van der Waals surface area contributed by atoms with Crippen LogP contribution in [0.25, 0.3) is 0 Å². The molecular weight excluding hydrogens is 158 g/mol. The van der Waals surface area contributed by atoms with Crippen LogP contribution in [0, 0.1) is 0 Å². The van der Waals surface area contributed by atoms with Gasteiger partial charge in [-0.15, -0.1) is 0 Å². The summed E-state index contributed by atoms with van der Waals surface area (Å²) in [6, 6.07) is 0.200. The van der Waals surface area contributed by atoms with E-state index in [4.69, 9.17) is 9.84 Å². The van der Waals surface area contributed by atoms with Gasteiger partial charge in [-0.3, -0.25) is 4.79 Å². The lowest BCUT2D eigenvalue weighted by molar-refractivity contribution is -0.137. The molecule has 0 aliphatic carbocycles. The zero-order valence-electron chi connectivity index (χ0n) is 7.91. The Bertz CT molecular complexity index is 136. The number of carbonyl (C=O) groups is 1. The van der Waals surface area contributed by atoms with Gasteiger partial charge in [0.15, 0.2) is 0 Å². The molecule has 1 N–H and O–H groups in total. The van der Waals surface area contributed by atoms with Crippen LogP contribution in [0.4, 0.5) is 0 Å². The van der Waals surface area contributed by atoms with Crippen molar-refractivity contribution in [1.29, 1.82) is 0 Å². The number of likely N-dealkylation sites (N-methyl/N-ethyl adjacent to an activating group) is 1. The molecule has 0 aromatic carbocycles. The van der Waals surface area contributed by atoms with Crippen LogP contribution >= 0.6 is 0 Å². The van der Waals surface area contributed by atoms with Crippen LogP contribution in [0.2, 0.25) is 0 Å². The molecule has 0 radical (unpaired) electrons. The van der Waals surface area contributed by atoms with Gasteiger partial charge in [-0.05, 0) is 20.5 Å². The van der Waals surface area contributed by atoms with Crippen molar-refractivity contribution < 1.29 is 14.6 Å². The van der Waals surface area contributed by atoms with E-state index in [0.717, 1.165) is 0 Å². The molecule has 1 unspecified atom stereocenters. The van der Waals surface area contributed by atoms with Crippen LogP contribution in [-0.2, 0) is 9.53 Å². The highest BCUT2D eigenvalue weighted by molar-refractivity contribution is 5.66. The average Bonchev–Trinajstić information content (AvgIpc) is 1.96. The van der Waals surface area contributed by atoms with Gasteiger partial charge in [0.2, 0.25) is 0 Å². The predicted molar refractivity (Wildman–Crippen MR) is 46.2 cm³/mol. The fourth-order valence-corrected chi connectivity index (χ4v) is 0.973. The minimum atomic E-state index is -0.752. The molecule has 0 saturated carbocycles. The topological polar surface area (TPSA) is 49.8 Å². The Morgan fingerprint density at radius 3 is 2.50 bits per heavy atom. The van der Waals surface area contributed by atoms with Crippen LogP contribution in [-0.4, -0.2) is 49.8 Å². The van der Waals surface area contributed by atoms with Crippen molar-refractivity contribution in [3.05, 3.63) is 0 Å². The van der Waals surface area contributed by atoms with E-state index in [1.165, 1.54) is 0 Å². The highest BCUT2D eigenvalue weighted by Gasteiger charge is 2.12. The monoisotopic (exact) mass is 175 g/mol. The summed E-state index contributed by atoms with van der Waals surface area (Å²) in [7, 11) is 5.47. The predicted octanol–water partition coefficient (Wildman–Crippen LogP) is 0.428. The summed E-state index contributed by atoms with van der Waals surface area (Å²) < 4.78 is 4.96. The van der Waals surface area contributed by atoms with E-state index >= 15 is 0 Å². The number of carboxylic acids is 1. The molecule has 0 aromatic heterocycles. The molecule has 0 heterocycles. The smallest absolute Gasteiger partial charge is 0.303 e. The Morgan fingerprint density at radius 2 is 2.17 bits per heavy atom. The van der Waals surface area contributed by atoms with Crippen molar-refractivity contribution in [3.63, 3.8) is 0 Å². The van der Waals surface area contributed by atoms with Gasteiger partial charge in [0.25, 0.3) is 0 Å². The minimum Gasteiger partial charge on any atom is -0.481 e. The Labute approximate surface area is 73.1 Å². The summed E-state index contributed by atoms with van der Waals surface area (Å²) in [5.41, 5.74) is 0. The Morgan fingerprint density at radius 1 is 1.58 bits per heavy atom. The van der Waals surface area contributed by atoms with E-state index in [-0.39, 0.29) is 12.5 Å². The number of hydrogen-bond donors (Lipinski definition) is 1. The molecule has 0 saturated heterocycles. The van der Waals surface area contributed by atoms with Crippen molar-refractivity contribution >= 4 is 5.97 Å².